The zero-order chi connectivity index (χ0) is 14.0. The highest BCUT2D eigenvalue weighted by molar-refractivity contribution is 7.89. The smallest absolute Gasteiger partial charge is 0.242 e. The molecule has 1 aliphatic heterocycles. The highest BCUT2D eigenvalue weighted by atomic mass is 35.5. The second-order valence-corrected chi connectivity index (χ2v) is 6.51. The van der Waals surface area contributed by atoms with E-state index >= 15 is 0 Å². The molecule has 1 fully saturated rings. The normalized spacial score (nSPS) is 19.4. The molecule has 4 N–H and O–H groups in total. The summed E-state index contributed by atoms with van der Waals surface area (Å²) in [6, 6.07) is 4.08. The maximum atomic E-state index is 12.1. The molecule has 1 atom stereocenters. The molecule has 1 aromatic rings. The maximum Gasteiger partial charge on any atom is 0.242 e. The van der Waals surface area contributed by atoms with Gasteiger partial charge in [-0.25, -0.2) is 13.1 Å². The zero-order valence-corrected chi connectivity index (χ0v) is 11.6. The van der Waals surface area contributed by atoms with E-state index in [0.29, 0.717) is 17.9 Å². The molecule has 1 heterocycles. The van der Waals surface area contributed by atoms with Crippen molar-refractivity contribution in [2.45, 2.75) is 23.8 Å². The Hall–Kier alpha value is -1.31. The fraction of sp³-hybridized carbons (Fsp3) is 0.364. The number of hydrogen-bond donors (Lipinski definition) is 3. The minimum Gasteiger partial charge on any atom is -0.398 e. The van der Waals surface area contributed by atoms with Gasteiger partial charge >= 0.3 is 0 Å². The van der Waals surface area contributed by atoms with E-state index in [1.807, 2.05) is 0 Å². The van der Waals surface area contributed by atoms with Gasteiger partial charge < -0.3 is 11.1 Å². The van der Waals surface area contributed by atoms with Gasteiger partial charge in [0.2, 0.25) is 15.9 Å². The molecule has 1 amide bonds. The van der Waals surface area contributed by atoms with Crippen LogP contribution in [0.2, 0.25) is 5.02 Å². The number of benzene rings is 1. The number of rotatable bonds is 4. The number of nitrogens with one attached hydrogen (secondary N) is 2. The average molecular weight is 304 g/mol. The van der Waals surface area contributed by atoms with Crippen molar-refractivity contribution >= 4 is 33.2 Å². The second-order valence-electron chi connectivity index (χ2n) is 4.34. The van der Waals surface area contributed by atoms with Gasteiger partial charge in [0.05, 0.1) is 5.69 Å². The van der Waals surface area contributed by atoms with Crippen molar-refractivity contribution in [2.24, 2.45) is 0 Å². The Morgan fingerprint density at radius 3 is 2.84 bits per heavy atom. The van der Waals surface area contributed by atoms with Crippen LogP contribution in [0.5, 0.6) is 0 Å². The number of anilines is 1. The van der Waals surface area contributed by atoms with Crippen LogP contribution >= 0.6 is 11.6 Å². The van der Waals surface area contributed by atoms with Gasteiger partial charge in [0, 0.05) is 24.0 Å². The zero-order valence-electron chi connectivity index (χ0n) is 10.0. The van der Waals surface area contributed by atoms with E-state index in [9.17, 15) is 13.2 Å². The Labute approximate surface area is 116 Å². The average Bonchev–Trinajstić information content (AvgIpc) is 2.76. The molecule has 1 saturated heterocycles. The lowest BCUT2D eigenvalue weighted by atomic mass is 10.2. The first-order chi connectivity index (χ1) is 8.88. The van der Waals surface area contributed by atoms with E-state index in [-0.39, 0.29) is 29.1 Å². The fourth-order valence-electron chi connectivity index (χ4n) is 1.86. The Kier molecular flexibility index (Phi) is 3.98. The lowest BCUT2D eigenvalue weighted by molar-refractivity contribution is -0.119. The molecular formula is C11H14ClN3O3S. The molecule has 6 nitrogen and oxygen atoms in total. The lowest BCUT2D eigenvalue weighted by Crippen LogP contribution is -2.38. The summed E-state index contributed by atoms with van der Waals surface area (Å²) in [6.07, 6.45) is 1.04. The number of hydrogen-bond acceptors (Lipinski definition) is 4. The van der Waals surface area contributed by atoms with E-state index in [1.165, 1.54) is 18.2 Å². The highest BCUT2D eigenvalue weighted by Gasteiger charge is 2.24. The molecule has 0 aromatic heterocycles. The van der Waals surface area contributed by atoms with Crippen LogP contribution in [0.25, 0.3) is 0 Å². The van der Waals surface area contributed by atoms with Crippen molar-refractivity contribution in [3.8, 4) is 0 Å². The van der Waals surface area contributed by atoms with Crippen LogP contribution in [0.4, 0.5) is 5.69 Å². The van der Waals surface area contributed by atoms with Crippen molar-refractivity contribution in [3.05, 3.63) is 23.2 Å². The summed E-state index contributed by atoms with van der Waals surface area (Å²) in [6.45, 7) is 0.139. The van der Waals surface area contributed by atoms with Gasteiger partial charge in [0.1, 0.15) is 4.90 Å². The quantitative estimate of drug-likeness (QED) is 0.704. The number of amides is 1. The Morgan fingerprint density at radius 2 is 2.21 bits per heavy atom. The van der Waals surface area contributed by atoms with Gasteiger partial charge in [0.15, 0.2) is 0 Å². The van der Waals surface area contributed by atoms with E-state index in [2.05, 4.69) is 10.0 Å². The first kappa shape index (κ1) is 14.1. The molecule has 1 aromatic carbocycles. The molecule has 0 bridgehead atoms. The van der Waals surface area contributed by atoms with Crippen molar-refractivity contribution < 1.29 is 13.2 Å². The molecule has 0 radical (unpaired) electrons. The molecule has 1 aliphatic rings. The number of nitrogens with two attached hydrogens (primary N) is 1. The minimum atomic E-state index is -3.73. The Balaban J connectivity index is 2.10. The van der Waals surface area contributed by atoms with Crippen molar-refractivity contribution in [2.75, 3.05) is 12.3 Å². The first-order valence-corrected chi connectivity index (χ1v) is 7.58. The van der Waals surface area contributed by atoms with E-state index in [0.717, 1.165) is 0 Å². The monoisotopic (exact) mass is 303 g/mol. The highest BCUT2D eigenvalue weighted by Crippen LogP contribution is 2.22. The summed E-state index contributed by atoms with van der Waals surface area (Å²) in [5.74, 6) is -0.0635. The number of carbonyl (C=O) groups is 1. The van der Waals surface area contributed by atoms with Crippen LogP contribution in [-0.4, -0.2) is 26.9 Å². The second kappa shape index (κ2) is 5.36. The van der Waals surface area contributed by atoms with Gasteiger partial charge in [0.25, 0.3) is 0 Å². The minimum absolute atomic E-state index is 0.0516. The summed E-state index contributed by atoms with van der Waals surface area (Å²) in [5.41, 5.74) is 5.77. The number of sulfonamides is 1. The molecule has 104 valence electrons. The summed E-state index contributed by atoms with van der Waals surface area (Å²) in [7, 11) is -3.73. The van der Waals surface area contributed by atoms with E-state index in [4.69, 9.17) is 17.3 Å². The van der Waals surface area contributed by atoms with Gasteiger partial charge in [-0.05, 0) is 24.6 Å². The molecule has 0 saturated carbocycles. The van der Waals surface area contributed by atoms with Gasteiger partial charge in [-0.1, -0.05) is 11.6 Å². The van der Waals surface area contributed by atoms with E-state index < -0.39 is 10.0 Å². The fourth-order valence-corrected chi connectivity index (χ4v) is 3.33. The molecule has 0 spiro atoms. The van der Waals surface area contributed by atoms with Gasteiger partial charge in [-0.2, -0.15) is 0 Å². The Morgan fingerprint density at radius 1 is 1.47 bits per heavy atom. The third-order valence-electron chi connectivity index (χ3n) is 2.87. The Bertz CT molecular complexity index is 603. The topological polar surface area (TPSA) is 101 Å². The standard InChI is InChI=1S/C11H14ClN3O3S/c12-7-1-3-9(13)10(5-7)19(17,18)14-6-8-2-4-11(16)15-8/h1,3,5,8,14H,2,4,6,13H2,(H,15,16). The summed E-state index contributed by atoms with van der Waals surface area (Å²) in [5, 5.41) is 2.98. The largest absolute Gasteiger partial charge is 0.398 e. The third kappa shape index (κ3) is 3.37. The van der Waals surface area contributed by atoms with Crippen molar-refractivity contribution in [1.29, 1.82) is 0 Å². The predicted octanol–water partition coefficient (Wildman–Crippen LogP) is 0.479. The van der Waals surface area contributed by atoms with Crippen LogP contribution < -0.4 is 15.8 Å². The van der Waals surface area contributed by atoms with Crippen LogP contribution in [0.1, 0.15) is 12.8 Å². The van der Waals surface area contributed by atoms with Crippen LogP contribution in [0.15, 0.2) is 23.1 Å². The van der Waals surface area contributed by atoms with Crippen LogP contribution in [0.3, 0.4) is 0 Å². The third-order valence-corrected chi connectivity index (χ3v) is 4.58. The van der Waals surface area contributed by atoms with Crippen LogP contribution in [0, 0.1) is 0 Å². The summed E-state index contributed by atoms with van der Waals surface area (Å²) in [4.78, 5) is 11.0. The molecule has 0 aliphatic carbocycles. The summed E-state index contributed by atoms with van der Waals surface area (Å²) >= 11 is 5.76. The first-order valence-electron chi connectivity index (χ1n) is 5.72. The molecule has 2 rings (SSSR count). The number of carbonyl (C=O) groups excluding carboxylic acids is 1. The van der Waals surface area contributed by atoms with Gasteiger partial charge in [-0.3, -0.25) is 4.79 Å². The number of halogens is 1. The molecule has 19 heavy (non-hydrogen) atoms. The van der Waals surface area contributed by atoms with Crippen molar-refractivity contribution in [3.63, 3.8) is 0 Å². The summed E-state index contributed by atoms with van der Waals surface area (Å²) < 4.78 is 26.6. The maximum absolute atomic E-state index is 12.1. The molecule has 1 unspecified atom stereocenters. The lowest BCUT2D eigenvalue weighted by Gasteiger charge is -2.13. The predicted molar refractivity (Wildman–Crippen MR) is 72.2 cm³/mol. The van der Waals surface area contributed by atoms with Gasteiger partial charge in [-0.15, -0.1) is 0 Å². The van der Waals surface area contributed by atoms with E-state index in [1.54, 1.807) is 0 Å². The molecule has 8 heteroatoms. The number of nitrogen functional groups attached to an aromatic ring is 1. The van der Waals surface area contributed by atoms with Crippen molar-refractivity contribution in [1.82, 2.24) is 10.0 Å². The SMILES string of the molecule is Nc1ccc(Cl)cc1S(=O)(=O)NCC1CCC(=O)N1. The molecular weight excluding hydrogens is 290 g/mol. The van der Waals surface area contributed by atoms with Crippen LogP contribution in [-0.2, 0) is 14.8 Å².